The lowest BCUT2D eigenvalue weighted by Gasteiger charge is -1.99. The fourth-order valence-corrected chi connectivity index (χ4v) is 3.94. The van der Waals surface area contributed by atoms with Crippen molar-refractivity contribution in [2.24, 2.45) is 12.0 Å². The molecule has 3 aromatic rings. The first-order valence-corrected chi connectivity index (χ1v) is 8.63. The number of hydrogen-bond donors (Lipinski definition) is 0. The van der Waals surface area contributed by atoms with Crippen molar-refractivity contribution in [1.82, 2.24) is 4.57 Å². The Morgan fingerprint density at radius 1 is 1.33 bits per heavy atom. The fraction of sp³-hybridized carbons (Fsp3) is 0.0667. The number of nitro groups is 1. The number of nitrogens with zero attached hydrogens (tertiary/aromatic N) is 3. The fourth-order valence-electron chi connectivity index (χ4n) is 2.20. The molecule has 0 spiro atoms. The van der Waals surface area contributed by atoms with Crippen LogP contribution in [-0.4, -0.2) is 15.4 Å². The third-order valence-corrected chi connectivity index (χ3v) is 5.18. The highest BCUT2D eigenvalue weighted by Crippen LogP contribution is 2.24. The first-order chi connectivity index (χ1) is 11.4. The van der Waals surface area contributed by atoms with Crippen LogP contribution in [0, 0.1) is 10.1 Å². The van der Waals surface area contributed by atoms with E-state index in [0.29, 0.717) is 4.80 Å². The van der Waals surface area contributed by atoms with Gasteiger partial charge in [0, 0.05) is 22.6 Å². The van der Waals surface area contributed by atoms with Crippen LogP contribution < -0.4 is 4.80 Å². The van der Waals surface area contributed by atoms with Gasteiger partial charge in [0.1, 0.15) is 5.56 Å². The van der Waals surface area contributed by atoms with E-state index >= 15 is 0 Å². The van der Waals surface area contributed by atoms with Crippen molar-refractivity contribution in [3.8, 4) is 0 Å². The summed E-state index contributed by atoms with van der Waals surface area (Å²) in [7, 11) is 1.78. The summed E-state index contributed by atoms with van der Waals surface area (Å²) in [5, 5.41) is 11.3. The minimum Gasteiger partial charge on any atom is -0.319 e. The Balaban J connectivity index is 2.16. The van der Waals surface area contributed by atoms with Gasteiger partial charge in [0.15, 0.2) is 4.80 Å². The molecule has 9 heteroatoms. The molecular formula is C15H9BrClN3O3S. The summed E-state index contributed by atoms with van der Waals surface area (Å²) in [6.07, 6.45) is 0. The van der Waals surface area contributed by atoms with Crippen molar-refractivity contribution in [2.75, 3.05) is 0 Å². The molecule has 1 heterocycles. The largest absolute Gasteiger partial charge is 0.319 e. The van der Waals surface area contributed by atoms with Gasteiger partial charge in [-0.05, 0) is 30.3 Å². The number of rotatable bonds is 2. The minimum atomic E-state index is -0.703. The van der Waals surface area contributed by atoms with E-state index in [-0.39, 0.29) is 16.3 Å². The Morgan fingerprint density at radius 2 is 2.08 bits per heavy atom. The molecule has 0 unspecified atom stereocenters. The van der Waals surface area contributed by atoms with Crippen molar-refractivity contribution in [3.63, 3.8) is 0 Å². The molecule has 3 rings (SSSR count). The summed E-state index contributed by atoms with van der Waals surface area (Å²) in [6, 6.07) is 9.55. The smallest absolute Gasteiger partial charge is 0.286 e. The van der Waals surface area contributed by atoms with Gasteiger partial charge in [0.2, 0.25) is 0 Å². The molecule has 0 saturated heterocycles. The molecule has 1 aromatic heterocycles. The van der Waals surface area contributed by atoms with E-state index < -0.39 is 10.8 Å². The Morgan fingerprint density at radius 3 is 2.79 bits per heavy atom. The predicted octanol–water partition coefficient (Wildman–Crippen LogP) is 4.31. The maximum atomic E-state index is 12.4. The summed E-state index contributed by atoms with van der Waals surface area (Å²) < 4.78 is 3.62. The zero-order valence-electron chi connectivity index (χ0n) is 12.2. The van der Waals surface area contributed by atoms with E-state index in [4.69, 9.17) is 11.6 Å². The van der Waals surface area contributed by atoms with Crippen molar-refractivity contribution < 1.29 is 9.72 Å². The highest BCUT2D eigenvalue weighted by molar-refractivity contribution is 9.10. The van der Waals surface area contributed by atoms with Gasteiger partial charge in [0.05, 0.1) is 15.1 Å². The standard InChI is InChI=1S/C15H9BrClN3O3S/c1-19-12-4-2-8(16)6-13(12)24-15(19)18-14(21)10-7-9(17)3-5-11(10)20(22)23/h2-7H,1H3. The number of carbonyl (C=O) groups is 1. The molecule has 6 nitrogen and oxygen atoms in total. The normalized spacial score (nSPS) is 11.9. The van der Waals surface area contributed by atoms with Crippen LogP contribution in [-0.2, 0) is 7.05 Å². The lowest BCUT2D eigenvalue weighted by atomic mass is 10.2. The maximum absolute atomic E-state index is 12.4. The Kier molecular flexibility index (Phi) is 4.53. The quantitative estimate of drug-likeness (QED) is 0.452. The molecule has 0 bridgehead atoms. The van der Waals surface area contributed by atoms with Gasteiger partial charge in [-0.2, -0.15) is 4.99 Å². The lowest BCUT2D eigenvalue weighted by Crippen LogP contribution is -2.14. The SMILES string of the molecule is Cn1c(=NC(=O)c2cc(Cl)ccc2[N+](=O)[O-])sc2cc(Br)ccc21. The molecule has 0 aliphatic heterocycles. The summed E-state index contributed by atoms with van der Waals surface area (Å²) in [5.41, 5.74) is 0.459. The predicted molar refractivity (Wildman–Crippen MR) is 96.5 cm³/mol. The number of aromatic nitrogens is 1. The van der Waals surface area contributed by atoms with E-state index in [1.165, 1.54) is 29.5 Å². The molecule has 0 fully saturated rings. The molecule has 24 heavy (non-hydrogen) atoms. The van der Waals surface area contributed by atoms with E-state index in [2.05, 4.69) is 20.9 Å². The van der Waals surface area contributed by atoms with Crippen LogP contribution in [0.1, 0.15) is 10.4 Å². The van der Waals surface area contributed by atoms with E-state index in [0.717, 1.165) is 14.7 Å². The van der Waals surface area contributed by atoms with Gasteiger partial charge in [-0.15, -0.1) is 0 Å². The molecule has 0 atom stereocenters. The number of carbonyl (C=O) groups excluding carboxylic acids is 1. The Labute approximate surface area is 153 Å². The van der Waals surface area contributed by atoms with Crippen molar-refractivity contribution in [1.29, 1.82) is 0 Å². The van der Waals surface area contributed by atoms with Crippen molar-refractivity contribution in [2.45, 2.75) is 0 Å². The van der Waals surface area contributed by atoms with Gasteiger partial charge < -0.3 is 4.57 Å². The minimum absolute atomic E-state index is 0.133. The van der Waals surface area contributed by atoms with Gasteiger partial charge >= 0.3 is 0 Å². The van der Waals surface area contributed by atoms with Gasteiger partial charge in [-0.1, -0.05) is 38.9 Å². The lowest BCUT2D eigenvalue weighted by molar-refractivity contribution is -0.385. The second kappa shape index (κ2) is 6.46. The third kappa shape index (κ3) is 3.12. The summed E-state index contributed by atoms with van der Waals surface area (Å²) in [6.45, 7) is 0. The molecule has 122 valence electrons. The monoisotopic (exact) mass is 425 g/mol. The first-order valence-electron chi connectivity index (χ1n) is 6.65. The third-order valence-electron chi connectivity index (χ3n) is 3.35. The average Bonchev–Trinajstić information content (AvgIpc) is 2.82. The highest BCUT2D eigenvalue weighted by atomic mass is 79.9. The van der Waals surface area contributed by atoms with Gasteiger partial charge in [0.25, 0.3) is 11.6 Å². The van der Waals surface area contributed by atoms with Crippen LogP contribution in [0.4, 0.5) is 5.69 Å². The molecule has 0 aliphatic carbocycles. The maximum Gasteiger partial charge on any atom is 0.286 e. The first kappa shape index (κ1) is 16.8. The van der Waals surface area contributed by atoms with Crippen molar-refractivity contribution >= 4 is 60.7 Å². The van der Waals surface area contributed by atoms with Crippen LogP contribution in [0.15, 0.2) is 45.9 Å². The summed E-state index contributed by atoms with van der Waals surface area (Å²) in [5.74, 6) is -0.703. The number of fused-ring (bicyclic) bond motifs is 1. The number of thiazole rings is 1. The second-order valence-electron chi connectivity index (χ2n) is 4.89. The Bertz CT molecular complexity index is 1060. The van der Waals surface area contributed by atoms with Crippen molar-refractivity contribution in [3.05, 3.63) is 66.4 Å². The molecular weight excluding hydrogens is 418 g/mol. The molecule has 0 radical (unpaired) electrons. The zero-order chi connectivity index (χ0) is 17.4. The average molecular weight is 427 g/mol. The highest BCUT2D eigenvalue weighted by Gasteiger charge is 2.20. The summed E-state index contributed by atoms with van der Waals surface area (Å²) >= 11 is 10.6. The molecule has 0 aliphatic rings. The van der Waals surface area contributed by atoms with E-state index in [1.807, 2.05) is 18.2 Å². The number of amides is 1. The number of halogens is 2. The van der Waals surface area contributed by atoms with Crippen LogP contribution in [0.3, 0.4) is 0 Å². The molecule has 0 saturated carbocycles. The van der Waals surface area contributed by atoms with Crippen LogP contribution in [0.5, 0.6) is 0 Å². The van der Waals surface area contributed by atoms with Gasteiger partial charge in [-0.25, -0.2) is 0 Å². The number of benzene rings is 2. The van der Waals surface area contributed by atoms with E-state index in [9.17, 15) is 14.9 Å². The second-order valence-corrected chi connectivity index (χ2v) is 7.25. The number of nitro benzene ring substituents is 1. The number of hydrogen-bond acceptors (Lipinski definition) is 4. The molecule has 0 N–H and O–H groups in total. The number of aryl methyl sites for hydroxylation is 1. The van der Waals surface area contributed by atoms with Gasteiger partial charge in [-0.3, -0.25) is 14.9 Å². The zero-order valence-corrected chi connectivity index (χ0v) is 15.4. The van der Waals surface area contributed by atoms with E-state index in [1.54, 1.807) is 11.6 Å². The molecule has 2 aromatic carbocycles. The Hall–Kier alpha value is -2.03. The van der Waals surface area contributed by atoms with Crippen LogP contribution in [0.2, 0.25) is 5.02 Å². The topological polar surface area (TPSA) is 77.5 Å². The van der Waals surface area contributed by atoms with Crippen LogP contribution >= 0.6 is 38.9 Å². The summed E-state index contributed by atoms with van der Waals surface area (Å²) in [4.78, 5) is 27.4. The molecule has 1 amide bonds. The van der Waals surface area contributed by atoms with Crippen LogP contribution in [0.25, 0.3) is 10.2 Å².